The smallest absolute Gasteiger partial charge is 0.243 e. The Kier molecular flexibility index (Phi) is 7.04. The zero-order valence-corrected chi connectivity index (χ0v) is 18.0. The first kappa shape index (κ1) is 21.2. The molecule has 3 rings (SSSR count). The minimum absolute atomic E-state index is 0.113. The summed E-state index contributed by atoms with van der Waals surface area (Å²) in [5.41, 5.74) is 0.584. The summed E-state index contributed by atoms with van der Waals surface area (Å²) in [6.07, 6.45) is 2.47. The number of rotatable bonds is 7. The number of hydrogen-bond acceptors (Lipinski definition) is 4. The molecule has 0 aliphatic carbocycles. The number of nitrogens with zero attached hydrogens (tertiary/aromatic N) is 1. The Hall–Kier alpha value is -1.54. The molecule has 8 heteroatoms. The van der Waals surface area contributed by atoms with Crippen LogP contribution in [0, 0.1) is 0 Å². The van der Waals surface area contributed by atoms with Crippen LogP contribution >= 0.6 is 23.4 Å². The predicted molar refractivity (Wildman–Crippen MR) is 114 cm³/mol. The third-order valence-corrected chi connectivity index (χ3v) is 8.12. The van der Waals surface area contributed by atoms with Gasteiger partial charge in [0, 0.05) is 28.7 Å². The highest BCUT2D eigenvalue weighted by Crippen LogP contribution is 2.28. The van der Waals surface area contributed by atoms with Crippen molar-refractivity contribution in [3.63, 3.8) is 0 Å². The quantitative estimate of drug-likeness (QED) is 0.640. The minimum atomic E-state index is -3.44. The molecule has 1 heterocycles. The van der Waals surface area contributed by atoms with Gasteiger partial charge in [0.15, 0.2) is 0 Å². The second-order valence-corrected chi connectivity index (χ2v) is 10.2. The monoisotopic (exact) mass is 438 g/mol. The molecule has 2 aromatic rings. The van der Waals surface area contributed by atoms with E-state index < -0.39 is 10.0 Å². The number of amides is 1. The van der Waals surface area contributed by atoms with Crippen molar-refractivity contribution in [3.8, 4) is 0 Å². The van der Waals surface area contributed by atoms with E-state index in [1.807, 2.05) is 19.1 Å². The number of halogens is 1. The lowest BCUT2D eigenvalue weighted by Crippen LogP contribution is -2.28. The van der Waals surface area contributed by atoms with E-state index in [0.717, 1.165) is 17.7 Å². The van der Waals surface area contributed by atoms with E-state index in [9.17, 15) is 13.2 Å². The van der Waals surface area contributed by atoms with Crippen LogP contribution in [-0.2, 0) is 14.8 Å². The van der Waals surface area contributed by atoms with Crippen molar-refractivity contribution in [1.29, 1.82) is 0 Å². The van der Waals surface area contributed by atoms with Gasteiger partial charge in [-0.1, -0.05) is 18.5 Å². The summed E-state index contributed by atoms with van der Waals surface area (Å²) in [7, 11) is -3.44. The maximum atomic E-state index is 12.6. The van der Waals surface area contributed by atoms with Gasteiger partial charge in [-0.25, -0.2) is 8.42 Å². The van der Waals surface area contributed by atoms with Gasteiger partial charge in [0.25, 0.3) is 0 Å². The first-order valence-corrected chi connectivity index (χ1v) is 11.9. The number of sulfonamides is 1. The number of carbonyl (C=O) groups is 1. The lowest BCUT2D eigenvalue weighted by molar-refractivity contribution is -0.115. The molecule has 1 atom stereocenters. The summed E-state index contributed by atoms with van der Waals surface area (Å²) < 4.78 is 26.7. The Morgan fingerprint density at radius 2 is 1.71 bits per heavy atom. The number of thioether (sulfide) groups is 1. The van der Waals surface area contributed by atoms with Crippen LogP contribution in [0.15, 0.2) is 58.3 Å². The third-order valence-electron chi connectivity index (χ3n) is 4.58. The lowest BCUT2D eigenvalue weighted by atomic mass is 10.3. The summed E-state index contributed by atoms with van der Waals surface area (Å²) >= 11 is 7.38. The van der Waals surface area contributed by atoms with Crippen LogP contribution in [0.3, 0.4) is 0 Å². The SMILES string of the molecule is CC[C@@H](Sc1ccc(Cl)cc1)C(=O)Nc1ccc(S(=O)(=O)N2CCCC2)cc1. The molecular weight excluding hydrogens is 416 g/mol. The van der Waals surface area contributed by atoms with E-state index in [1.54, 1.807) is 36.4 Å². The van der Waals surface area contributed by atoms with Crippen LogP contribution in [-0.4, -0.2) is 37.0 Å². The molecule has 1 saturated heterocycles. The van der Waals surface area contributed by atoms with Gasteiger partial charge in [-0.3, -0.25) is 4.79 Å². The maximum Gasteiger partial charge on any atom is 0.243 e. The molecule has 150 valence electrons. The predicted octanol–water partition coefficient (Wildman–Crippen LogP) is 4.63. The number of anilines is 1. The standard InChI is InChI=1S/C20H23ClN2O3S2/c1-2-19(27-17-9-5-15(21)6-10-17)20(24)22-16-7-11-18(12-8-16)28(25,26)23-13-3-4-14-23/h5-12,19H,2-4,13-14H2,1H3,(H,22,24)/t19-/m1/s1. The molecule has 2 aromatic carbocycles. The maximum absolute atomic E-state index is 12.6. The summed E-state index contributed by atoms with van der Waals surface area (Å²) in [4.78, 5) is 13.9. The average Bonchev–Trinajstić information content (AvgIpc) is 3.23. The molecule has 1 amide bonds. The molecule has 28 heavy (non-hydrogen) atoms. The molecule has 1 fully saturated rings. The van der Waals surface area contributed by atoms with Gasteiger partial charge in [0.05, 0.1) is 10.1 Å². The van der Waals surface area contributed by atoms with Crippen LogP contribution < -0.4 is 5.32 Å². The Morgan fingerprint density at radius 3 is 2.29 bits per heavy atom. The average molecular weight is 439 g/mol. The molecule has 0 saturated carbocycles. The van der Waals surface area contributed by atoms with Crippen molar-refractivity contribution in [1.82, 2.24) is 4.31 Å². The first-order valence-electron chi connectivity index (χ1n) is 9.23. The summed E-state index contributed by atoms with van der Waals surface area (Å²) in [6, 6.07) is 13.8. The van der Waals surface area contributed by atoms with Crippen molar-refractivity contribution in [2.45, 2.75) is 41.2 Å². The lowest BCUT2D eigenvalue weighted by Gasteiger charge is -2.17. The van der Waals surface area contributed by atoms with Crippen molar-refractivity contribution in [3.05, 3.63) is 53.6 Å². The van der Waals surface area contributed by atoms with Crippen molar-refractivity contribution >= 4 is 45.0 Å². The van der Waals surface area contributed by atoms with Crippen LogP contribution in [0.2, 0.25) is 5.02 Å². The van der Waals surface area contributed by atoms with E-state index >= 15 is 0 Å². The highest BCUT2D eigenvalue weighted by atomic mass is 35.5. The first-order chi connectivity index (χ1) is 13.4. The highest BCUT2D eigenvalue weighted by Gasteiger charge is 2.27. The number of benzene rings is 2. The van der Waals surface area contributed by atoms with Crippen LogP contribution in [0.4, 0.5) is 5.69 Å². The fourth-order valence-corrected chi connectivity index (χ4v) is 5.61. The number of hydrogen-bond donors (Lipinski definition) is 1. The van der Waals surface area contributed by atoms with Gasteiger partial charge in [-0.2, -0.15) is 4.31 Å². The van der Waals surface area contributed by atoms with Crippen LogP contribution in [0.1, 0.15) is 26.2 Å². The Morgan fingerprint density at radius 1 is 1.11 bits per heavy atom. The van der Waals surface area contributed by atoms with Gasteiger partial charge in [-0.15, -0.1) is 11.8 Å². The Balaban J connectivity index is 1.65. The molecule has 5 nitrogen and oxygen atoms in total. The fraction of sp³-hybridized carbons (Fsp3) is 0.350. The van der Waals surface area contributed by atoms with Crippen molar-refractivity contribution in [2.75, 3.05) is 18.4 Å². The number of carbonyl (C=O) groups excluding carboxylic acids is 1. The van der Waals surface area contributed by atoms with E-state index in [-0.39, 0.29) is 16.1 Å². The fourth-order valence-electron chi connectivity index (χ4n) is 3.01. The minimum Gasteiger partial charge on any atom is -0.325 e. The molecule has 1 aliphatic rings. The molecule has 0 unspecified atom stereocenters. The Bertz CT molecular complexity index is 909. The topological polar surface area (TPSA) is 66.5 Å². The van der Waals surface area contributed by atoms with E-state index in [2.05, 4.69) is 5.32 Å². The van der Waals surface area contributed by atoms with Crippen molar-refractivity contribution < 1.29 is 13.2 Å². The van der Waals surface area contributed by atoms with Gasteiger partial charge in [0.2, 0.25) is 15.9 Å². The largest absolute Gasteiger partial charge is 0.325 e. The van der Waals surface area contributed by atoms with E-state index in [0.29, 0.717) is 30.2 Å². The molecule has 0 bridgehead atoms. The second kappa shape index (κ2) is 9.31. The summed E-state index contributed by atoms with van der Waals surface area (Å²) in [5.74, 6) is -0.113. The zero-order valence-electron chi connectivity index (χ0n) is 15.6. The van der Waals surface area contributed by atoms with Crippen molar-refractivity contribution in [2.24, 2.45) is 0 Å². The number of nitrogens with one attached hydrogen (secondary N) is 1. The van der Waals surface area contributed by atoms with Crippen LogP contribution in [0.25, 0.3) is 0 Å². The normalized spacial score (nSPS) is 16.1. The zero-order chi connectivity index (χ0) is 20.1. The van der Waals surface area contributed by atoms with E-state index in [4.69, 9.17) is 11.6 Å². The van der Waals surface area contributed by atoms with Gasteiger partial charge >= 0.3 is 0 Å². The van der Waals surface area contributed by atoms with Crippen LogP contribution in [0.5, 0.6) is 0 Å². The second-order valence-electron chi connectivity index (χ2n) is 6.59. The van der Waals surface area contributed by atoms with Gasteiger partial charge in [0.1, 0.15) is 0 Å². The molecule has 0 aromatic heterocycles. The molecule has 1 N–H and O–H groups in total. The molecule has 0 radical (unpaired) electrons. The summed E-state index contributed by atoms with van der Waals surface area (Å²) in [5, 5.41) is 3.28. The third kappa shape index (κ3) is 5.08. The molecule has 1 aliphatic heterocycles. The molecule has 0 spiro atoms. The van der Waals surface area contributed by atoms with Gasteiger partial charge < -0.3 is 5.32 Å². The molecular formula is C20H23ClN2O3S2. The Labute approximate surface area is 175 Å². The highest BCUT2D eigenvalue weighted by molar-refractivity contribution is 8.00. The summed E-state index contributed by atoms with van der Waals surface area (Å²) in [6.45, 7) is 3.10. The van der Waals surface area contributed by atoms with Gasteiger partial charge in [-0.05, 0) is 67.8 Å². The van der Waals surface area contributed by atoms with E-state index in [1.165, 1.54) is 16.1 Å².